The fraction of sp³-hybridized carbons (Fsp3) is 1.00. The minimum absolute atomic E-state index is 0.367. The second-order valence-corrected chi connectivity index (χ2v) is 4.50. The smallest absolute Gasteiger partial charge is 0.155 e. The Morgan fingerprint density at radius 3 is 2.41 bits per heavy atom. The molecule has 7 nitrogen and oxygen atoms in total. The molecule has 4 unspecified atom stereocenters. The minimum Gasteiger partial charge on any atom is -0.394 e. The first-order valence-electron chi connectivity index (χ1n) is 5.68. The summed E-state index contributed by atoms with van der Waals surface area (Å²) in [5.74, 6) is 0. The van der Waals surface area contributed by atoms with Crippen LogP contribution in [0, 0.1) is 0 Å². The van der Waals surface area contributed by atoms with Gasteiger partial charge in [0.05, 0.1) is 12.7 Å². The average Bonchev–Trinajstić information content (AvgIpc) is 2.33. The van der Waals surface area contributed by atoms with E-state index in [0.29, 0.717) is 12.8 Å². The Morgan fingerprint density at radius 2 is 1.76 bits per heavy atom. The Balaban J connectivity index is 2.09. The van der Waals surface area contributed by atoms with Crippen LogP contribution in [-0.2, 0) is 9.47 Å². The number of fused-ring (bicyclic) bond motifs is 1. The molecule has 2 aliphatic heterocycles. The maximum Gasteiger partial charge on any atom is 0.155 e. The lowest BCUT2D eigenvalue weighted by Crippen LogP contribution is -2.63. The van der Waals surface area contributed by atoms with E-state index in [0.717, 1.165) is 0 Å². The lowest BCUT2D eigenvalue weighted by Gasteiger charge is -2.46. The van der Waals surface area contributed by atoms with Crippen LogP contribution in [0.5, 0.6) is 0 Å². The van der Waals surface area contributed by atoms with Crippen molar-refractivity contribution >= 4 is 0 Å². The van der Waals surface area contributed by atoms with Gasteiger partial charge in [0.2, 0.25) is 0 Å². The monoisotopic (exact) mass is 250 g/mol. The number of rotatable bonds is 2. The standard InChI is InChI=1S/C10H18O7/c11-3-4(12)9-7(14)8(15)10-5(16-9)1-2-6(13)17-10/h4-15H,1-3H2/t4-,5-,6?,7?,8?,9?,10-/m0/s1. The highest BCUT2D eigenvalue weighted by molar-refractivity contribution is 4.97. The van der Waals surface area contributed by atoms with Gasteiger partial charge in [-0.3, -0.25) is 0 Å². The maximum atomic E-state index is 9.85. The Hall–Kier alpha value is -0.280. The van der Waals surface area contributed by atoms with Crippen LogP contribution >= 0.6 is 0 Å². The van der Waals surface area contributed by atoms with Crippen LogP contribution < -0.4 is 0 Å². The van der Waals surface area contributed by atoms with Gasteiger partial charge in [-0.15, -0.1) is 0 Å². The van der Waals surface area contributed by atoms with Crippen LogP contribution in [0.25, 0.3) is 0 Å². The lowest BCUT2D eigenvalue weighted by molar-refractivity contribution is -0.303. The van der Waals surface area contributed by atoms with Gasteiger partial charge in [-0.25, -0.2) is 0 Å². The first-order valence-corrected chi connectivity index (χ1v) is 5.68. The highest BCUT2D eigenvalue weighted by Gasteiger charge is 2.49. The topological polar surface area (TPSA) is 120 Å². The Labute approximate surface area is 98.2 Å². The molecule has 100 valence electrons. The van der Waals surface area contributed by atoms with E-state index < -0.39 is 49.5 Å². The van der Waals surface area contributed by atoms with Crippen molar-refractivity contribution in [2.24, 2.45) is 0 Å². The minimum atomic E-state index is -1.36. The molecule has 0 aliphatic carbocycles. The van der Waals surface area contributed by atoms with E-state index in [1.807, 2.05) is 0 Å². The van der Waals surface area contributed by atoms with E-state index in [1.165, 1.54) is 0 Å². The number of hydrogen-bond acceptors (Lipinski definition) is 7. The van der Waals surface area contributed by atoms with Gasteiger partial charge in [0.1, 0.15) is 30.5 Å². The van der Waals surface area contributed by atoms with Crippen molar-refractivity contribution < 1.29 is 35.0 Å². The van der Waals surface area contributed by atoms with Crippen molar-refractivity contribution in [1.82, 2.24) is 0 Å². The third-order valence-electron chi connectivity index (χ3n) is 3.30. The van der Waals surface area contributed by atoms with Gasteiger partial charge in [0, 0.05) is 6.42 Å². The molecule has 2 fully saturated rings. The van der Waals surface area contributed by atoms with Crippen LogP contribution in [0.1, 0.15) is 12.8 Å². The van der Waals surface area contributed by atoms with Gasteiger partial charge in [-0.2, -0.15) is 0 Å². The van der Waals surface area contributed by atoms with E-state index in [2.05, 4.69) is 0 Å². The molecule has 0 aromatic rings. The second kappa shape index (κ2) is 5.15. The number of hydrogen-bond donors (Lipinski definition) is 5. The zero-order valence-corrected chi connectivity index (χ0v) is 9.22. The fourth-order valence-corrected chi connectivity index (χ4v) is 2.35. The highest BCUT2D eigenvalue weighted by Crippen LogP contribution is 2.32. The summed E-state index contributed by atoms with van der Waals surface area (Å²) in [4.78, 5) is 0. The Morgan fingerprint density at radius 1 is 1.06 bits per heavy atom. The van der Waals surface area contributed by atoms with Gasteiger partial charge >= 0.3 is 0 Å². The Kier molecular flexibility index (Phi) is 3.99. The summed E-state index contributed by atoms with van der Waals surface area (Å²) in [5, 5.41) is 47.2. The molecule has 0 radical (unpaired) electrons. The molecule has 2 rings (SSSR count). The SMILES string of the molecule is OC[C@H](O)C1O[C@H]2CCC(O)O[C@@H]2C(O)C1O. The van der Waals surface area contributed by atoms with Gasteiger partial charge < -0.3 is 35.0 Å². The quantitative estimate of drug-likeness (QED) is 0.362. The largest absolute Gasteiger partial charge is 0.394 e. The predicted octanol–water partition coefficient (Wildman–Crippen LogP) is -2.67. The van der Waals surface area contributed by atoms with Crippen LogP contribution in [0.2, 0.25) is 0 Å². The summed E-state index contributed by atoms with van der Waals surface area (Å²) in [6.07, 6.45) is -6.36. The molecule has 0 spiro atoms. The maximum absolute atomic E-state index is 9.85. The molecule has 5 N–H and O–H groups in total. The molecule has 17 heavy (non-hydrogen) atoms. The Bertz CT molecular complexity index is 259. The van der Waals surface area contributed by atoms with Crippen LogP contribution in [0.3, 0.4) is 0 Å². The van der Waals surface area contributed by atoms with Crippen LogP contribution in [-0.4, -0.2) is 75.1 Å². The first-order chi connectivity index (χ1) is 8.04. The lowest BCUT2D eigenvalue weighted by atomic mass is 9.89. The summed E-state index contributed by atoms with van der Waals surface area (Å²) in [6.45, 7) is -0.560. The van der Waals surface area contributed by atoms with Gasteiger partial charge in [0.25, 0.3) is 0 Å². The summed E-state index contributed by atoms with van der Waals surface area (Å²) < 4.78 is 10.5. The molecular weight excluding hydrogens is 232 g/mol. The molecule has 0 aromatic carbocycles. The summed E-state index contributed by atoms with van der Waals surface area (Å²) in [7, 11) is 0. The van der Waals surface area contributed by atoms with E-state index in [-0.39, 0.29) is 0 Å². The van der Waals surface area contributed by atoms with Crippen molar-refractivity contribution in [2.75, 3.05) is 6.61 Å². The van der Waals surface area contributed by atoms with Crippen molar-refractivity contribution in [1.29, 1.82) is 0 Å². The molecule has 0 bridgehead atoms. The van der Waals surface area contributed by atoms with Gasteiger partial charge in [0.15, 0.2) is 6.29 Å². The van der Waals surface area contributed by atoms with Crippen molar-refractivity contribution in [3.05, 3.63) is 0 Å². The third-order valence-corrected chi connectivity index (χ3v) is 3.30. The fourth-order valence-electron chi connectivity index (χ4n) is 2.35. The second-order valence-electron chi connectivity index (χ2n) is 4.50. The van der Waals surface area contributed by atoms with E-state index in [1.54, 1.807) is 0 Å². The molecule has 0 aromatic heterocycles. The molecule has 0 saturated carbocycles. The first kappa shape index (κ1) is 13.2. The third kappa shape index (κ3) is 2.45. The zero-order chi connectivity index (χ0) is 12.6. The number of ether oxygens (including phenoxy) is 2. The average molecular weight is 250 g/mol. The van der Waals surface area contributed by atoms with Gasteiger partial charge in [-0.05, 0) is 6.42 Å². The summed E-state index contributed by atoms with van der Waals surface area (Å²) in [6, 6.07) is 0. The van der Waals surface area contributed by atoms with Crippen LogP contribution in [0.15, 0.2) is 0 Å². The van der Waals surface area contributed by atoms with Gasteiger partial charge in [-0.1, -0.05) is 0 Å². The molecule has 7 heteroatoms. The normalized spacial score (nSPS) is 48.5. The van der Waals surface area contributed by atoms with Crippen molar-refractivity contribution in [3.63, 3.8) is 0 Å². The molecule has 2 saturated heterocycles. The number of aliphatic hydroxyl groups excluding tert-OH is 5. The van der Waals surface area contributed by atoms with E-state index in [4.69, 9.17) is 14.6 Å². The van der Waals surface area contributed by atoms with Crippen molar-refractivity contribution in [3.8, 4) is 0 Å². The summed E-state index contributed by atoms with van der Waals surface area (Å²) in [5.41, 5.74) is 0. The molecular formula is C10H18O7. The molecule has 2 heterocycles. The summed E-state index contributed by atoms with van der Waals surface area (Å²) >= 11 is 0. The predicted molar refractivity (Wildman–Crippen MR) is 53.9 cm³/mol. The number of aliphatic hydroxyl groups is 5. The van der Waals surface area contributed by atoms with E-state index >= 15 is 0 Å². The molecule has 7 atom stereocenters. The molecule has 0 amide bonds. The van der Waals surface area contributed by atoms with Crippen molar-refractivity contribution in [2.45, 2.75) is 55.8 Å². The van der Waals surface area contributed by atoms with Crippen LogP contribution in [0.4, 0.5) is 0 Å². The van der Waals surface area contributed by atoms with E-state index in [9.17, 15) is 20.4 Å². The highest BCUT2D eigenvalue weighted by atomic mass is 16.6. The molecule has 2 aliphatic rings. The zero-order valence-electron chi connectivity index (χ0n) is 9.22.